The first-order valence-electron chi connectivity index (χ1n) is 6.95. The summed E-state index contributed by atoms with van der Waals surface area (Å²) >= 11 is 0. The van der Waals surface area contributed by atoms with E-state index in [0.717, 1.165) is 16.9 Å². The molecule has 0 unspecified atom stereocenters. The highest BCUT2D eigenvalue weighted by molar-refractivity contribution is 5.94. The van der Waals surface area contributed by atoms with Crippen molar-refractivity contribution in [1.82, 2.24) is 19.9 Å². The molecule has 1 aromatic carbocycles. The largest absolute Gasteiger partial charge is 0.342 e. The van der Waals surface area contributed by atoms with Gasteiger partial charge in [-0.3, -0.25) is 9.78 Å². The van der Waals surface area contributed by atoms with Crippen molar-refractivity contribution in [3.63, 3.8) is 0 Å². The van der Waals surface area contributed by atoms with Crippen molar-refractivity contribution in [2.45, 2.75) is 5.92 Å². The summed E-state index contributed by atoms with van der Waals surface area (Å²) in [5, 5.41) is 0. The molecule has 5 heteroatoms. The van der Waals surface area contributed by atoms with Crippen LogP contribution >= 0.6 is 0 Å². The lowest BCUT2D eigenvalue weighted by Gasteiger charge is -2.38. The fourth-order valence-corrected chi connectivity index (χ4v) is 2.66. The lowest BCUT2D eigenvalue weighted by Crippen LogP contribution is -2.48. The van der Waals surface area contributed by atoms with Crippen molar-refractivity contribution in [2.75, 3.05) is 13.1 Å². The van der Waals surface area contributed by atoms with Crippen LogP contribution in [0.25, 0.3) is 11.0 Å². The Hall–Kier alpha value is -2.69. The van der Waals surface area contributed by atoms with Crippen molar-refractivity contribution >= 4 is 16.9 Å². The summed E-state index contributed by atoms with van der Waals surface area (Å²) in [7, 11) is 0. The smallest absolute Gasteiger partial charge is 0.255 e. The standard InChI is InChI=1S/C16H14N4O/c21-16(11-4-3-7-17-8-11)20-9-12(10-20)15-18-13-5-1-2-6-14(13)19-15/h1-8,12H,9-10H2,(H,18,19). The summed E-state index contributed by atoms with van der Waals surface area (Å²) in [6.45, 7) is 1.40. The fourth-order valence-electron chi connectivity index (χ4n) is 2.66. The molecule has 1 N–H and O–H groups in total. The molecule has 1 saturated heterocycles. The number of fused-ring (bicyclic) bond motifs is 1. The number of carbonyl (C=O) groups is 1. The Morgan fingerprint density at radius 1 is 1.19 bits per heavy atom. The summed E-state index contributed by atoms with van der Waals surface area (Å²) in [4.78, 5) is 26.0. The van der Waals surface area contributed by atoms with Gasteiger partial charge >= 0.3 is 0 Å². The number of nitrogens with one attached hydrogen (secondary N) is 1. The van der Waals surface area contributed by atoms with E-state index in [4.69, 9.17) is 0 Å². The minimum Gasteiger partial charge on any atom is -0.342 e. The van der Waals surface area contributed by atoms with Gasteiger partial charge in [-0.25, -0.2) is 4.98 Å². The number of para-hydroxylation sites is 2. The van der Waals surface area contributed by atoms with E-state index < -0.39 is 0 Å². The van der Waals surface area contributed by atoms with Crippen LogP contribution in [0, 0.1) is 0 Å². The summed E-state index contributed by atoms with van der Waals surface area (Å²) in [6, 6.07) is 11.6. The number of amides is 1. The molecule has 3 heterocycles. The second-order valence-electron chi connectivity index (χ2n) is 5.29. The normalized spacial score (nSPS) is 15.1. The van der Waals surface area contributed by atoms with Crippen molar-refractivity contribution < 1.29 is 4.79 Å². The summed E-state index contributed by atoms with van der Waals surface area (Å²) in [5.74, 6) is 1.29. The first-order valence-corrected chi connectivity index (χ1v) is 6.95. The Bertz CT molecular complexity index is 757. The van der Waals surface area contributed by atoms with Gasteiger partial charge in [-0.2, -0.15) is 0 Å². The first-order chi connectivity index (χ1) is 10.3. The number of H-pyrrole nitrogens is 1. The molecule has 5 nitrogen and oxygen atoms in total. The van der Waals surface area contributed by atoms with Gasteiger partial charge in [0.15, 0.2) is 0 Å². The van der Waals surface area contributed by atoms with E-state index in [1.165, 1.54) is 0 Å². The molecule has 0 saturated carbocycles. The topological polar surface area (TPSA) is 61.9 Å². The Morgan fingerprint density at radius 2 is 2.05 bits per heavy atom. The Balaban J connectivity index is 1.48. The highest BCUT2D eigenvalue weighted by atomic mass is 16.2. The maximum absolute atomic E-state index is 12.2. The molecular weight excluding hydrogens is 264 g/mol. The monoisotopic (exact) mass is 278 g/mol. The van der Waals surface area contributed by atoms with Crippen LogP contribution in [0.1, 0.15) is 22.1 Å². The Kier molecular flexibility index (Phi) is 2.70. The zero-order chi connectivity index (χ0) is 14.2. The van der Waals surface area contributed by atoms with E-state index >= 15 is 0 Å². The number of aromatic amines is 1. The molecule has 3 aromatic rings. The number of likely N-dealkylation sites (tertiary alicyclic amines) is 1. The van der Waals surface area contributed by atoms with E-state index in [1.54, 1.807) is 24.5 Å². The third-order valence-corrected chi connectivity index (χ3v) is 3.87. The van der Waals surface area contributed by atoms with E-state index in [1.807, 2.05) is 29.2 Å². The van der Waals surface area contributed by atoms with Crippen molar-refractivity contribution in [1.29, 1.82) is 0 Å². The number of carbonyl (C=O) groups excluding carboxylic acids is 1. The number of aromatic nitrogens is 3. The van der Waals surface area contributed by atoms with Crippen molar-refractivity contribution in [3.8, 4) is 0 Å². The van der Waals surface area contributed by atoms with Gasteiger partial charge in [0.25, 0.3) is 5.91 Å². The van der Waals surface area contributed by atoms with E-state index in [-0.39, 0.29) is 11.8 Å². The lowest BCUT2D eigenvalue weighted by molar-refractivity contribution is 0.0595. The SMILES string of the molecule is O=C(c1cccnc1)N1CC(c2nc3ccccc3[nH]2)C1. The third-order valence-electron chi connectivity index (χ3n) is 3.87. The van der Waals surface area contributed by atoms with Crippen molar-refractivity contribution in [3.05, 3.63) is 60.2 Å². The van der Waals surface area contributed by atoms with Gasteiger partial charge in [-0.1, -0.05) is 12.1 Å². The third kappa shape index (κ3) is 2.07. The summed E-state index contributed by atoms with van der Waals surface area (Å²) in [6.07, 6.45) is 3.28. The van der Waals surface area contributed by atoms with Gasteiger partial charge in [-0.15, -0.1) is 0 Å². The molecule has 0 spiro atoms. The van der Waals surface area contributed by atoms with Gasteiger partial charge < -0.3 is 9.88 Å². The molecule has 2 aromatic heterocycles. The Labute approximate surface area is 121 Å². The number of nitrogens with zero attached hydrogens (tertiary/aromatic N) is 3. The number of rotatable bonds is 2. The molecule has 1 fully saturated rings. The maximum atomic E-state index is 12.2. The van der Waals surface area contributed by atoms with Crippen LogP contribution in [-0.2, 0) is 0 Å². The zero-order valence-corrected chi connectivity index (χ0v) is 11.4. The van der Waals surface area contributed by atoms with Gasteiger partial charge in [0.05, 0.1) is 22.5 Å². The second-order valence-corrected chi connectivity index (χ2v) is 5.29. The second kappa shape index (κ2) is 4.70. The van der Waals surface area contributed by atoms with Gasteiger partial charge in [0.1, 0.15) is 5.82 Å². The van der Waals surface area contributed by atoms with E-state index in [9.17, 15) is 4.79 Å². The fraction of sp³-hybridized carbons (Fsp3) is 0.188. The van der Waals surface area contributed by atoms with E-state index in [2.05, 4.69) is 15.0 Å². The molecule has 1 aliphatic rings. The average Bonchev–Trinajstić information content (AvgIpc) is 2.90. The molecular formula is C16H14N4O. The van der Waals surface area contributed by atoms with Gasteiger partial charge in [0, 0.05) is 25.5 Å². The highest BCUT2D eigenvalue weighted by Crippen LogP contribution is 2.27. The zero-order valence-electron chi connectivity index (χ0n) is 11.4. The van der Waals surface area contributed by atoms with Crippen molar-refractivity contribution in [2.24, 2.45) is 0 Å². The number of hydrogen-bond acceptors (Lipinski definition) is 3. The Morgan fingerprint density at radius 3 is 2.81 bits per heavy atom. The molecule has 0 bridgehead atoms. The molecule has 104 valence electrons. The number of hydrogen-bond donors (Lipinski definition) is 1. The first kappa shape index (κ1) is 12.1. The highest BCUT2D eigenvalue weighted by Gasteiger charge is 2.34. The molecule has 21 heavy (non-hydrogen) atoms. The molecule has 1 amide bonds. The predicted octanol–water partition coefficient (Wildman–Crippen LogP) is 2.20. The van der Waals surface area contributed by atoms with Crippen LogP contribution in [0.2, 0.25) is 0 Å². The molecule has 1 aliphatic heterocycles. The van der Waals surface area contributed by atoms with Crippen LogP contribution in [-0.4, -0.2) is 38.8 Å². The number of imidazole rings is 1. The minimum atomic E-state index is 0.0375. The molecule has 0 aliphatic carbocycles. The molecule has 4 rings (SSSR count). The summed E-state index contributed by atoms with van der Waals surface area (Å²) < 4.78 is 0. The van der Waals surface area contributed by atoms with E-state index in [0.29, 0.717) is 18.7 Å². The van der Waals surface area contributed by atoms with Crippen LogP contribution in [0.5, 0.6) is 0 Å². The van der Waals surface area contributed by atoms with Crippen LogP contribution in [0.4, 0.5) is 0 Å². The summed E-state index contributed by atoms with van der Waals surface area (Å²) in [5.41, 5.74) is 2.66. The molecule has 0 radical (unpaired) electrons. The molecule has 0 atom stereocenters. The number of pyridine rings is 1. The number of benzene rings is 1. The minimum absolute atomic E-state index is 0.0375. The van der Waals surface area contributed by atoms with Gasteiger partial charge in [0.2, 0.25) is 0 Å². The quantitative estimate of drug-likeness (QED) is 0.781. The van der Waals surface area contributed by atoms with Crippen LogP contribution in [0.15, 0.2) is 48.8 Å². The lowest BCUT2D eigenvalue weighted by atomic mass is 9.98. The van der Waals surface area contributed by atoms with Gasteiger partial charge in [-0.05, 0) is 24.3 Å². The average molecular weight is 278 g/mol. The predicted molar refractivity (Wildman–Crippen MR) is 79.0 cm³/mol. The maximum Gasteiger partial charge on any atom is 0.255 e. The van der Waals surface area contributed by atoms with Crippen LogP contribution < -0.4 is 0 Å². The van der Waals surface area contributed by atoms with Crippen LogP contribution in [0.3, 0.4) is 0 Å².